The second-order valence-corrected chi connectivity index (χ2v) is 11.9. The van der Waals surface area contributed by atoms with Crippen molar-refractivity contribution < 1.29 is 14.7 Å². The van der Waals surface area contributed by atoms with Gasteiger partial charge in [-0.2, -0.15) is 0 Å². The summed E-state index contributed by atoms with van der Waals surface area (Å²) in [7, 11) is 0. The number of amides is 2. The SMILES string of the molecule is CC(C)C1=CN(CC(C)(C)CC(=O)O)C(=O)N[C@@]1(C)c1ccc(CCC(C)(C)C)c(Cl)c1. The van der Waals surface area contributed by atoms with E-state index in [9.17, 15) is 14.7 Å². The molecule has 5 nitrogen and oxygen atoms in total. The van der Waals surface area contributed by atoms with Gasteiger partial charge in [-0.25, -0.2) is 4.79 Å². The van der Waals surface area contributed by atoms with Gasteiger partial charge in [-0.05, 0) is 59.3 Å². The van der Waals surface area contributed by atoms with Crippen LogP contribution in [0.4, 0.5) is 4.79 Å². The topological polar surface area (TPSA) is 69.6 Å². The monoisotopic (exact) mass is 462 g/mol. The number of rotatable bonds is 8. The fourth-order valence-corrected chi connectivity index (χ4v) is 4.57. The molecule has 178 valence electrons. The van der Waals surface area contributed by atoms with Crippen LogP contribution in [-0.2, 0) is 16.8 Å². The number of benzene rings is 1. The second kappa shape index (κ2) is 9.46. The summed E-state index contributed by atoms with van der Waals surface area (Å²) in [4.78, 5) is 25.9. The summed E-state index contributed by atoms with van der Waals surface area (Å²) in [6.45, 7) is 16.9. The predicted octanol–water partition coefficient (Wildman–Crippen LogP) is 6.60. The summed E-state index contributed by atoms with van der Waals surface area (Å²) >= 11 is 6.67. The fraction of sp³-hybridized carbons (Fsp3) is 0.615. The fourth-order valence-electron chi connectivity index (χ4n) is 4.29. The van der Waals surface area contributed by atoms with Crippen LogP contribution >= 0.6 is 11.6 Å². The summed E-state index contributed by atoms with van der Waals surface area (Å²) < 4.78 is 0. The molecule has 32 heavy (non-hydrogen) atoms. The van der Waals surface area contributed by atoms with Crippen molar-refractivity contribution in [2.24, 2.45) is 16.7 Å². The average Bonchev–Trinajstić information content (AvgIpc) is 2.60. The van der Waals surface area contributed by atoms with E-state index < -0.39 is 16.9 Å². The Morgan fingerprint density at radius 1 is 1.22 bits per heavy atom. The molecular formula is C26H39ClN2O3. The number of nitrogens with one attached hydrogen (secondary N) is 1. The predicted molar refractivity (Wildman–Crippen MR) is 131 cm³/mol. The Labute approximate surface area is 198 Å². The first-order chi connectivity index (χ1) is 14.5. The van der Waals surface area contributed by atoms with Gasteiger partial charge in [0.1, 0.15) is 0 Å². The first-order valence-corrected chi connectivity index (χ1v) is 11.7. The lowest BCUT2D eigenvalue weighted by Crippen LogP contribution is -2.56. The number of halogens is 1. The zero-order valence-corrected chi connectivity index (χ0v) is 21.6. The Kier molecular flexibility index (Phi) is 7.76. The Morgan fingerprint density at radius 2 is 1.84 bits per heavy atom. The molecule has 0 bridgehead atoms. The highest BCUT2D eigenvalue weighted by Crippen LogP contribution is 2.39. The number of nitrogens with zero attached hydrogens (tertiary/aromatic N) is 1. The van der Waals surface area contributed by atoms with Gasteiger partial charge in [-0.15, -0.1) is 0 Å². The largest absolute Gasteiger partial charge is 0.481 e. The van der Waals surface area contributed by atoms with E-state index in [2.05, 4.69) is 52.1 Å². The number of carbonyl (C=O) groups excluding carboxylic acids is 1. The van der Waals surface area contributed by atoms with Crippen LogP contribution in [0, 0.1) is 16.7 Å². The molecule has 2 amide bonds. The molecule has 1 aliphatic heterocycles. The minimum atomic E-state index is -0.869. The standard InChI is InChI=1S/C26H39ClN2O3/c1-17(2)20-15-29(16-25(6,7)14-22(30)31)23(32)28-26(20,8)19-10-9-18(21(27)13-19)11-12-24(3,4)5/h9-10,13,15,17H,11-12,14,16H2,1-8H3,(H,28,32)(H,30,31)/t26-/m0/s1. The number of carboxylic acids is 1. The third-order valence-electron chi connectivity index (χ3n) is 6.11. The van der Waals surface area contributed by atoms with E-state index in [0.29, 0.717) is 6.54 Å². The van der Waals surface area contributed by atoms with Crippen LogP contribution in [0.25, 0.3) is 0 Å². The summed E-state index contributed by atoms with van der Waals surface area (Å²) in [5.41, 5.74) is 2.11. The minimum absolute atomic E-state index is 0.00939. The van der Waals surface area contributed by atoms with Gasteiger partial charge in [0, 0.05) is 17.8 Å². The van der Waals surface area contributed by atoms with Crippen molar-refractivity contribution in [3.63, 3.8) is 0 Å². The number of urea groups is 1. The van der Waals surface area contributed by atoms with E-state index in [1.54, 1.807) is 4.90 Å². The highest BCUT2D eigenvalue weighted by Gasteiger charge is 2.41. The van der Waals surface area contributed by atoms with Crippen LogP contribution in [0.5, 0.6) is 0 Å². The number of hydrogen-bond donors (Lipinski definition) is 2. The normalized spacial score (nSPS) is 19.8. The van der Waals surface area contributed by atoms with E-state index in [-0.39, 0.29) is 23.8 Å². The van der Waals surface area contributed by atoms with Crippen molar-refractivity contribution in [3.8, 4) is 0 Å². The summed E-state index contributed by atoms with van der Waals surface area (Å²) in [5, 5.41) is 13.1. The highest BCUT2D eigenvalue weighted by atomic mass is 35.5. The van der Waals surface area contributed by atoms with Gasteiger partial charge in [0.15, 0.2) is 0 Å². The van der Waals surface area contributed by atoms with E-state index in [0.717, 1.165) is 34.6 Å². The highest BCUT2D eigenvalue weighted by molar-refractivity contribution is 6.31. The molecule has 0 fully saturated rings. The average molecular weight is 463 g/mol. The summed E-state index contributed by atoms with van der Waals surface area (Å²) in [6.07, 6.45) is 3.84. The maximum Gasteiger partial charge on any atom is 0.322 e. The number of aliphatic carboxylic acids is 1. The molecule has 2 N–H and O–H groups in total. The third kappa shape index (κ3) is 6.50. The maximum atomic E-state index is 13.1. The lowest BCUT2D eigenvalue weighted by molar-refractivity contribution is -0.139. The van der Waals surface area contributed by atoms with Crippen LogP contribution in [-0.4, -0.2) is 28.6 Å². The number of carbonyl (C=O) groups is 2. The van der Waals surface area contributed by atoms with Crippen LogP contribution in [0.1, 0.15) is 79.4 Å². The number of carboxylic acid groups (broad SMARTS) is 1. The van der Waals surface area contributed by atoms with E-state index in [1.807, 2.05) is 33.0 Å². The van der Waals surface area contributed by atoms with Crippen LogP contribution in [0.15, 0.2) is 30.0 Å². The molecule has 0 aliphatic carbocycles. The van der Waals surface area contributed by atoms with Crippen molar-refractivity contribution >= 4 is 23.6 Å². The van der Waals surface area contributed by atoms with Crippen LogP contribution in [0.3, 0.4) is 0 Å². The lowest BCUT2D eigenvalue weighted by atomic mass is 9.77. The van der Waals surface area contributed by atoms with Crippen LogP contribution < -0.4 is 5.32 Å². The Balaban J connectivity index is 2.38. The molecule has 0 spiro atoms. The Hall–Kier alpha value is -2.01. The summed E-state index contributed by atoms with van der Waals surface area (Å²) in [6, 6.07) is 5.87. The molecule has 1 heterocycles. The molecule has 0 aromatic heterocycles. The van der Waals surface area contributed by atoms with E-state index >= 15 is 0 Å². The smallest absolute Gasteiger partial charge is 0.322 e. The molecule has 1 aromatic carbocycles. The Morgan fingerprint density at radius 3 is 2.34 bits per heavy atom. The zero-order chi connectivity index (χ0) is 24.5. The first kappa shape index (κ1) is 26.2. The van der Waals surface area contributed by atoms with Gasteiger partial charge in [-0.1, -0.05) is 72.2 Å². The van der Waals surface area contributed by atoms with Gasteiger partial charge in [0.25, 0.3) is 0 Å². The van der Waals surface area contributed by atoms with Gasteiger partial charge in [0.05, 0.1) is 12.0 Å². The van der Waals surface area contributed by atoms with Crippen LogP contribution in [0.2, 0.25) is 5.02 Å². The quantitative estimate of drug-likeness (QED) is 0.457. The van der Waals surface area contributed by atoms with Crippen molar-refractivity contribution in [2.75, 3.05) is 6.54 Å². The molecular weight excluding hydrogens is 424 g/mol. The summed E-state index contributed by atoms with van der Waals surface area (Å²) in [5.74, 6) is -0.698. The van der Waals surface area contributed by atoms with Crippen molar-refractivity contribution in [1.29, 1.82) is 0 Å². The molecule has 0 unspecified atom stereocenters. The van der Waals surface area contributed by atoms with Gasteiger partial charge in [0.2, 0.25) is 0 Å². The van der Waals surface area contributed by atoms with E-state index in [4.69, 9.17) is 11.6 Å². The molecule has 0 saturated carbocycles. The van der Waals surface area contributed by atoms with E-state index in [1.165, 1.54) is 0 Å². The zero-order valence-electron chi connectivity index (χ0n) is 20.8. The first-order valence-electron chi connectivity index (χ1n) is 11.4. The molecule has 1 aromatic rings. The molecule has 0 radical (unpaired) electrons. The lowest BCUT2D eigenvalue weighted by Gasteiger charge is -2.44. The maximum absolute atomic E-state index is 13.1. The molecule has 1 atom stereocenters. The second-order valence-electron chi connectivity index (χ2n) is 11.5. The van der Waals surface area contributed by atoms with Gasteiger partial charge >= 0.3 is 12.0 Å². The molecule has 6 heteroatoms. The van der Waals surface area contributed by atoms with Crippen molar-refractivity contribution in [2.45, 2.75) is 80.2 Å². The molecule has 2 rings (SSSR count). The Bertz CT molecular complexity index is 899. The molecule has 1 aliphatic rings. The van der Waals surface area contributed by atoms with Gasteiger partial charge < -0.3 is 15.3 Å². The molecule has 0 saturated heterocycles. The number of aryl methyl sites for hydroxylation is 1. The van der Waals surface area contributed by atoms with Crippen molar-refractivity contribution in [3.05, 3.63) is 46.1 Å². The van der Waals surface area contributed by atoms with Gasteiger partial charge in [-0.3, -0.25) is 4.79 Å². The third-order valence-corrected chi connectivity index (χ3v) is 6.47. The number of hydrogen-bond acceptors (Lipinski definition) is 2. The minimum Gasteiger partial charge on any atom is -0.481 e. The van der Waals surface area contributed by atoms with Crippen molar-refractivity contribution in [1.82, 2.24) is 10.2 Å².